The topological polar surface area (TPSA) is 43.9 Å². The summed E-state index contributed by atoms with van der Waals surface area (Å²) in [4.78, 5) is 30.8. The first kappa shape index (κ1) is 20.3. The Balaban J connectivity index is 2.19. The zero-order valence-corrected chi connectivity index (χ0v) is 16.9. The number of nitrogens with zero attached hydrogens (tertiary/aromatic N) is 3. The molecule has 26 heavy (non-hydrogen) atoms. The minimum Gasteiger partial charge on any atom is -0.372 e. The van der Waals surface area contributed by atoms with Crippen LogP contribution in [0.3, 0.4) is 0 Å². The smallest absolute Gasteiger partial charge is 0.242 e. The van der Waals surface area contributed by atoms with E-state index in [-0.39, 0.29) is 18.4 Å². The van der Waals surface area contributed by atoms with Crippen molar-refractivity contribution in [3.05, 3.63) is 23.8 Å². The fourth-order valence-electron chi connectivity index (χ4n) is 3.75. The maximum Gasteiger partial charge on any atom is 0.242 e. The number of hydrogen-bond acceptors (Lipinski definition) is 3. The van der Waals surface area contributed by atoms with Crippen LogP contribution in [0.25, 0.3) is 0 Å². The van der Waals surface area contributed by atoms with E-state index < -0.39 is 0 Å². The number of anilines is 2. The van der Waals surface area contributed by atoms with Crippen LogP contribution in [0.4, 0.5) is 11.4 Å². The zero-order chi connectivity index (χ0) is 19.3. The van der Waals surface area contributed by atoms with Gasteiger partial charge in [-0.05, 0) is 63.3 Å². The highest BCUT2D eigenvalue weighted by molar-refractivity contribution is 5.98. The molecule has 1 atom stereocenters. The summed E-state index contributed by atoms with van der Waals surface area (Å²) in [5.74, 6) is 0.481. The molecule has 1 saturated heterocycles. The summed E-state index contributed by atoms with van der Waals surface area (Å²) in [6, 6.07) is 6.11. The van der Waals surface area contributed by atoms with Gasteiger partial charge in [-0.2, -0.15) is 0 Å². The Bertz CT molecular complexity index is 640. The highest BCUT2D eigenvalue weighted by Crippen LogP contribution is 2.26. The van der Waals surface area contributed by atoms with Gasteiger partial charge in [-0.15, -0.1) is 0 Å². The molecule has 144 valence electrons. The number of carbonyl (C=O) groups excluding carboxylic acids is 2. The second kappa shape index (κ2) is 9.06. The van der Waals surface area contributed by atoms with Crippen LogP contribution in [-0.4, -0.2) is 49.4 Å². The van der Waals surface area contributed by atoms with Crippen LogP contribution < -0.4 is 9.80 Å². The zero-order valence-electron chi connectivity index (χ0n) is 16.9. The first-order valence-electron chi connectivity index (χ1n) is 9.78. The second-order valence-corrected chi connectivity index (χ2v) is 7.34. The molecule has 1 aliphatic rings. The molecular formula is C21H33N3O2. The van der Waals surface area contributed by atoms with Gasteiger partial charge in [0.05, 0.1) is 0 Å². The third kappa shape index (κ3) is 4.77. The molecule has 0 saturated carbocycles. The van der Waals surface area contributed by atoms with Gasteiger partial charge in [0.2, 0.25) is 11.8 Å². The van der Waals surface area contributed by atoms with Gasteiger partial charge in [0.15, 0.2) is 0 Å². The number of rotatable bonds is 6. The lowest BCUT2D eigenvalue weighted by atomic mass is 10.0. The molecule has 5 heteroatoms. The van der Waals surface area contributed by atoms with Crippen LogP contribution in [0.1, 0.15) is 46.1 Å². The highest BCUT2D eigenvalue weighted by atomic mass is 16.2. The summed E-state index contributed by atoms with van der Waals surface area (Å²) in [5.41, 5.74) is 2.99. The molecule has 1 aromatic carbocycles. The van der Waals surface area contributed by atoms with Gasteiger partial charge in [0.25, 0.3) is 0 Å². The lowest BCUT2D eigenvalue weighted by Crippen LogP contribution is -2.46. The monoisotopic (exact) mass is 359 g/mol. The third-order valence-corrected chi connectivity index (χ3v) is 5.28. The molecule has 2 rings (SSSR count). The van der Waals surface area contributed by atoms with Gasteiger partial charge in [0, 0.05) is 44.5 Å². The van der Waals surface area contributed by atoms with E-state index in [0.29, 0.717) is 5.92 Å². The Morgan fingerprint density at radius 1 is 1.23 bits per heavy atom. The van der Waals surface area contributed by atoms with Crippen LogP contribution in [0, 0.1) is 12.8 Å². The average Bonchev–Trinajstić information content (AvgIpc) is 2.61. The van der Waals surface area contributed by atoms with Crippen LogP contribution in [0.15, 0.2) is 18.2 Å². The molecule has 0 aliphatic carbocycles. The van der Waals surface area contributed by atoms with Gasteiger partial charge in [-0.1, -0.05) is 6.92 Å². The fraction of sp³-hybridized carbons (Fsp3) is 0.619. The molecule has 5 nitrogen and oxygen atoms in total. The molecule has 0 radical (unpaired) electrons. The van der Waals surface area contributed by atoms with Gasteiger partial charge in [-0.25, -0.2) is 0 Å². The summed E-state index contributed by atoms with van der Waals surface area (Å²) >= 11 is 0. The van der Waals surface area contributed by atoms with Crippen LogP contribution in [-0.2, 0) is 9.59 Å². The lowest BCUT2D eigenvalue weighted by molar-refractivity contribution is -0.132. The van der Waals surface area contributed by atoms with Crippen molar-refractivity contribution in [3.63, 3.8) is 0 Å². The number of aryl methyl sites for hydroxylation is 1. The second-order valence-electron chi connectivity index (χ2n) is 7.34. The number of hydrogen-bond donors (Lipinski definition) is 0. The van der Waals surface area contributed by atoms with Crippen LogP contribution >= 0.6 is 0 Å². The van der Waals surface area contributed by atoms with Crippen molar-refractivity contribution >= 4 is 23.2 Å². The van der Waals surface area contributed by atoms with E-state index >= 15 is 0 Å². The Kier molecular flexibility index (Phi) is 7.06. The van der Waals surface area contributed by atoms with Gasteiger partial charge >= 0.3 is 0 Å². The maximum absolute atomic E-state index is 12.7. The molecule has 0 N–H and O–H groups in total. The van der Waals surface area contributed by atoms with Gasteiger partial charge in [0.1, 0.15) is 6.54 Å². The average molecular weight is 360 g/mol. The first-order chi connectivity index (χ1) is 12.4. The molecular weight excluding hydrogens is 326 g/mol. The molecule has 1 aromatic rings. The Hall–Kier alpha value is -2.04. The lowest BCUT2D eigenvalue weighted by Gasteiger charge is -2.33. The molecule has 1 heterocycles. The van der Waals surface area contributed by atoms with Crippen molar-refractivity contribution in [2.45, 2.75) is 47.5 Å². The summed E-state index contributed by atoms with van der Waals surface area (Å²) in [6.07, 6.45) is 2.22. The molecule has 1 unspecified atom stereocenters. The standard InChI is InChI=1S/C21H33N3O2/c1-6-22(7-2)19-10-11-20(17(4)13-19)24(18(5)25)15-21(26)23-12-8-9-16(3)14-23/h10-11,13,16H,6-9,12,14-15H2,1-5H3. The van der Waals surface area contributed by atoms with Crippen LogP contribution in [0.2, 0.25) is 0 Å². The normalized spacial score (nSPS) is 17.1. The van der Waals surface area contributed by atoms with Crippen molar-refractivity contribution in [3.8, 4) is 0 Å². The number of carbonyl (C=O) groups is 2. The predicted octanol–water partition coefficient (Wildman–Crippen LogP) is 3.45. The van der Waals surface area contributed by atoms with E-state index in [1.165, 1.54) is 13.3 Å². The predicted molar refractivity (Wildman–Crippen MR) is 108 cm³/mol. The Morgan fingerprint density at radius 3 is 2.46 bits per heavy atom. The number of likely N-dealkylation sites (tertiary alicyclic amines) is 1. The maximum atomic E-state index is 12.7. The quantitative estimate of drug-likeness (QED) is 0.781. The van der Waals surface area contributed by atoms with Crippen molar-refractivity contribution < 1.29 is 9.59 Å². The Morgan fingerprint density at radius 2 is 1.92 bits per heavy atom. The number of piperidine rings is 1. The molecule has 0 aromatic heterocycles. The minimum absolute atomic E-state index is 0.0407. The van der Waals surface area contributed by atoms with Crippen molar-refractivity contribution in [2.75, 3.05) is 42.5 Å². The van der Waals surface area contributed by atoms with E-state index in [0.717, 1.165) is 49.5 Å². The Labute approximate surface area is 158 Å². The van der Waals surface area contributed by atoms with E-state index in [4.69, 9.17) is 0 Å². The minimum atomic E-state index is -0.0953. The molecule has 1 fully saturated rings. The number of amides is 2. The van der Waals surface area contributed by atoms with E-state index in [2.05, 4.69) is 31.7 Å². The first-order valence-corrected chi connectivity index (χ1v) is 9.78. The summed E-state index contributed by atoms with van der Waals surface area (Å²) in [7, 11) is 0. The third-order valence-electron chi connectivity index (χ3n) is 5.28. The van der Waals surface area contributed by atoms with Gasteiger partial charge in [-0.3, -0.25) is 9.59 Å². The molecule has 1 aliphatic heterocycles. The van der Waals surface area contributed by atoms with Gasteiger partial charge < -0.3 is 14.7 Å². The SMILES string of the molecule is CCN(CC)c1ccc(N(CC(=O)N2CCCC(C)C2)C(C)=O)c(C)c1. The largest absolute Gasteiger partial charge is 0.372 e. The van der Waals surface area contributed by atoms with E-state index in [1.54, 1.807) is 4.90 Å². The van der Waals surface area contributed by atoms with Crippen molar-refractivity contribution in [2.24, 2.45) is 5.92 Å². The van der Waals surface area contributed by atoms with E-state index in [9.17, 15) is 9.59 Å². The summed E-state index contributed by atoms with van der Waals surface area (Å²) in [6.45, 7) is 13.6. The van der Waals surface area contributed by atoms with E-state index in [1.807, 2.05) is 24.0 Å². The number of benzene rings is 1. The van der Waals surface area contributed by atoms with Crippen LogP contribution in [0.5, 0.6) is 0 Å². The highest BCUT2D eigenvalue weighted by Gasteiger charge is 2.25. The molecule has 0 spiro atoms. The van der Waals surface area contributed by atoms with Crippen molar-refractivity contribution in [1.82, 2.24) is 4.90 Å². The summed E-state index contributed by atoms with van der Waals surface area (Å²) in [5, 5.41) is 0. The van der Waals surface area contributed by atoms with Crippen molar-refractivity contribution in [1.29, 1.82) is 0 Å². The fourth-order valence-corrected chi connectivity index (χ4v) is 3.75. The molecule has 2 amide bonds. The molecule has 0 bridgehead atoms. The summed E-state index contributed by atoms with van der Waals surface area (Å²) < 4.78 is 0.